The first-order valence-electron chi connectivity index (χ1n) is 8.98. The zero-order valence-corrected chi connectivity index (χ0v) is 16.8. The Bertz CT molecular complexity index is 631. The zero-order valence-electron chi connectivity index (χ0n) is 15.2. The van der Waals surface area contributed by atoms with E-state index in [1.165, 1.54) is 31.2 Å². The first-order chi connectivity index (χ1) is 12.2. The highest BCUT2D eigenvalue weighted by atomic mass is 79.9. The Morgan fingerprint density at radius 2 is 1.80 bits per heavy atom. The largest absolute Gasteiger partial charge is 0.493 e. The van der Waals surface area contributed by atoms with Crippen LogP contribution >= 0.6 is 15.9 Å². The van der Waals surface area contributed by atoms with E-state index in [1.807, 2.05) is 30.3 Å². The van der Waals surface area contributed by atoms with Gasteiger partial charge in [-0.1, -0.05) is 72.4 Å². The van der Waals surface area contributed by atoms with E-state index < -0.39 is 0 Å². The van der Waals surface area contributed by atoms with E-state index in [2.05, 4.69) is 40.3 Å². The molecule has 2 aromatic carbocycles. The summed E-state index contributed by atoms with van der Waals surface area (Å²) in [7, 11) is 1.68. The standard InChI is InChI=1S/C21H28BrNO2/c1-3-4-5-9-12-23-15-18-13-20(24-2)21(14-19(18)22)25-16-17-10-7-6-8-11-17/h6-8,10-11,13-14,23H,3-5,9,12,15-16H2,1-2H3. The third-order valence-electron chi connectivity index (χ3n) is 4.09. The van der Waals surface area contributed by atoms with Crippen molar-refractivity contribution in [2.24, 2.45) is 0 Å². The second-order valence-corrected chi connectivity index (χ2v) is 6.96. The lowest BCUT2D eigenvalue weighted by molar-refractivity contribution is 0.284. The van der Waals surface area contributed by atoms with Gasteiger partial charge in [-0.3, -0.25) is 0 Å². The van der Waals surface area contributed by atoms with Crippen LogP contribution in [0.4, 0.5) is 0 Å². The van der Waals surface area contributed by atoms with Gasteiger partial charge in [0.05, 0.1) is 7.11 Å². The van der Waals surface area contributed by atoms with Crippen LogP contribution in [-0.2, 0) is 13.2 Å². The van der Waals surface area contributed by atoms with E-state index in [1.54, 1.807) is 7.11 Å². The summed E-state index contributed by atoms with van der Waals surface area (Å²) in [5.41, 5.74) is 2.32. The van der Waals surface area contributed by atoms with Gasteiger partial charge in [0.15, 0.2) is 11.5 Å². The number of hydrogen-bond donors (Lipinski definition) is 1. The maximum absolute atomic E-state index is 5.94. The fourth-order valence-electron chi connectivity index (χ4n) is 2.62. The molecule has 0 aliphatic rings. The highest BCUT2D eigenvalue weighted by Crippen LogP contribution is 2.34. The van der Waals surface area contributed by atoms with Crippen LogP contribution in [0, 0.1) is 0 Å². The molecule has 4 heteroatoms. The second-order valence-electron chi connectivity index (χ2n) is 6.11. The Balaban J connectivity index is 1.92. The highest BCUT2D eigenvalue weighted by molar-refractivity contribution is 9.10. The summed E-state index contributed by atoms with van der Waals surface area (Å²) in [6.07, 6.45) is 5.10. The summed E-state index contributed by atoms with van der Waals surface area (Å²) in [6, 6.07) is 14.2. The summed E-state index contributed by atoms with van der Waals surface area (Å²) >= 11 is 3.66. The summed E-state index contributed by atoms with van der Waals surface area (Å²) in [5, 5.41) is 3.50. The quantitative estimate of drug-likeness (QED) is 0.485. The Labute approximate surface area is 159 Å². The minimum Gasteiger partial charge on any atom is -0.493 e. The molecule has 0 saturated carbocycles. The monoisotopic (exact) mass is 405 g/mol. The summed E-state index contributed by atoms with van der Waals surface area (Å²) < 4.78 is 12.5. The molecule has 1 N–H and O–H groups in total. The lowest BCUT2D eigenvalue weighted by atomic mass is 10.2. The summed E-state index contributed by atoms with van der Waals surface area (Å²) in [5.74, 6) is 1.52. The van der Waals surface area contributed by atoms with Crippen LogP contribution in [0.3, 0.4) is 0 Å². The molecular formula is C21H28BrNO2. The molecule has 0 aliphatic heterocycles. The van der Waals surface area contributed by atoms with Crippen molar-refractivity contribution in [3.05, 3.63) is 58.1 Å². The molecule has 0 aromatic heterocycles. The molecule has 0 amide bonds. The van der Waals surface area contributed by atoms with Crippen LogP contribution in [-0.4, -0.2) is 13.7 Å². The van der Waals surface area contributed by atoms with Gasteiger partial charge in [-0.05, 0) is 36.2 Å². The van der Waals surface area contributed by atoms with Gasteiger partial charge in [0.2, 0.25) is 0 Å². The minimum atomic E-state index is 0.526. The number of ether oxygens (including phenoxy) is 2. The molecular weight excluding hydrogens is 378 g/mol. The van der Waals surface area contributed by atoms with Gasteiger partial charge in [0.25, 0.3) is 0 Å². The van der Waals surface area contributed by atoms with Gasteiger partial charge < -0.3 is 14.8 Å². The van der Waals surface area contributed by atoms with E-state index in [0.29, 0.717) is 6.61 Å². The van der Waals surface area contributed by atoms with E-state index in [0.717, 1.165) is 34.6 Å². The molecule has 25 heavy (non-hydrogen) atoms. The number of rotatable bonds is 11. The fraction of sp³-hybridized carbons (Fsp3) is 0.429. The van der Waals surface area contributed by atoms with Crippen molar-refractivity contribution in [3.8, 4) is 11.5 Å². The van der Waals surface area contributed by atoms with Gasteiger partial charge in [-0.25, -0.2) is 0 Å². The van der Waals surface area contributed by atoms with E-state index in [-0.39, 0.29) is 0 Å². The minimum absolute atomic E-state index is 0.526. The molecule has 136 valence electrons. The molecule has 3 nitrogen and oxygen atoms in total. The maximum atomic E-state index is 5.94. The van der Waals surface area contributed by atoms with Gasteiger partial charge in [0.1, 0.15) is 6.61 Å². The van der Waals surface area contributed by atoms with Crippen molar-refractivity contribution in [1.82, 2.24) is 5.32 Å². The maximum Gasteiger partial charge on any atom is 0.162 e. The number of methoxy groups -OCH3 is 1. The van der Waals surface area contributed by atoms with Crippen LogP contribution in [0.5, 0.6) is 11.5 Å². The topological polar surface area (TPSA) is 30.5 Å². The number of nitrogens with one attached hydrogen (secondary N) is 1. The van der Waals surface area contributed by atoms with Crippen molar-refractivity contribution >= 4 is 15.9 Å². The van der Waals surface area contributed by atoms with Crippen LogP contribution in [0.15, 0.2) is 46.9 Å². The Morgan fingerprint density at radius 1 is 1.00 bits per heavy atom. The SMILES string of the molecule is CCCCCCNCc1cc(OC)c(OCc2ccccc2)cc1Br. The normalized spacial score (nSPS) is 10.7. The fourth-order valence-corrected chi connectivity index (χ4v) is 3.08. The third kappa shape index (κ3) is 6.71. The molecule has 0 saturated heterocycles. The van der Waals surface area contributed by atoms with Crippen molar-refractivity contribution < 1.29 is 9.47 Å². The lowest BCUT2D eigenvalue weighted by Crippen LogP contribution is -2.15. The van der Waals surface area contributed by atoms with Crippen molar-refractivity contribution in [2.45, 2.75) is 45.8 Å². The Morgan fingerprint density at radius 3 is 2.52 bits per heavy atom. The second kappa shape index (κ2) is 11.2. The highest BCUT2D eigenvalue weighted by Gasteiger charge is 2.10. The van der Waals surface area contributed by atoms with Gasteiger partial charge in [-0.2, -0.15) is 0 Å². The molecule has 0 radical (unpaired) electrons. The average Bonchev–Trinajstić information content (AvgIpc) is 2.65. The first kappa shape index (κ1) is 19.8. The van der Waals surface area contributed by atoms with E-state index >= 15 is 0 Å². The predicted octanol–water partition coefficient (Wildman–Crippen LogP) is 5.71. The Hall–Kier alpha value is -1.52. The number of halogens is 1. The molecule has 2 aromatic rings. The Kier molecular flexibility index (Phi) is 8.84. The molecule has 0 heterocycles. The molecule has 0 unspecified atom stereocenters. The molecule has 0 atom stereocenters. The van der Waals surface area contributed by atoms with Gasteiger partial charge in [-0.15, -0.1) is 0 Å². The van der Waals surface area contributed by atoms with E-state index in [9.17, 15) is 0 Å². The van der Waals surface area contributed by atoms with Crippen LogP contribution < -0.4 is 14.8 Å². The van der Waals surface area contributed by atoms with E-state index in [4.69, 9.17) is 9.47 Å². The summed E-state index contributed by atoms with van der Waals surface area (Å²) in [6.45, 7) is 4.62. The summed E-state index contributed by atoms with van der Waals surface area (Å²) in [4.78, 5) is 0. The molecule has 0 aliphatic carbocycles. The first-order valence-corrected chi connectivity index (χ1v) is 9.77. The molecule has 0 bridgehead atoms. The van der Waals surface area contributed by atoms with Crippen molar-refractivity contribution in [3.63, 3.8) is 0 Å². The van der Waals surface area contributed by atoms with Crippen molar-refractivity contribution in [2.75, 3.05) is 13.7 Å². The van der Waals surface area contributed by atoms with Crippen LogP contribution in [0.1, 0.15) is 43.7 Å². The molecule has 0 fully saturated rings. The number of hydrogen-bond acceptors (Lipinski definition) is 3. The lowest BCUT2D eigenvalue weighted by Gasteiger charge is -2.14. The predicted molar refractivity (Wildman–Crippen MR) is 107 cm³/mol. The number of unbranched alkanes of at least 4 members (excludes halogenated alkanes) is 3. The number of benzene rings is 2. The van der Waals surface area contributed by atoms with Crippen molar-refractivity contribution in [1.29, 1.82) is 0 Å². The average molecular weight is 406 g/mol. The molecule has 2 rings (SSSR count). The third-order valence-corrected chi connectivity index (χ3v) is 4.83. The van der Waals surface area contributed by atoms with Gasteiger partial charge in [0, 0.05) is 11.0 Å². The smallest absolute Gasteiger partial charge is 0.162 e. The van der Waals surface area contributed by atoms with Gasteiger partial charge >= 0.3 is 0 Å². The molecule has 0 spiro atoms. The van der Waals surface area contributed by atoms with Crippen LogP contribution in [0.25, 0.3) is 0 Å². The van der Waals surface area contributed by atoms with Crippen LogP contribution in [0.2, 0.25) is 0 Å². The zero-order chi connectivity index (χ0) is 17.9.